The van der Waals surface area contributed by atoms with E-state index in [0.29, 0.717) is 25.3 Å². The largest absolute Gasteiger partial charge is 0.347 e. The third-order valence-electron chi connectivity index (χ3n) is 2.95. The maximum Gasteiger partial charge on any atom is 0.280 e. The van der Waals surface area contributed by atoms with E-state index < -0.39 is 10.2 Å². The minimum Gasteiger partial charge on any atom is -0.347 e. The zero-order chi connectivity index (χ0) is 12.3. The fraction of sp³-hybridized carbons (Fsp3) is 0.700. The van der Waals surface area contributed by atoms with Gasteiger partial charge in [0.2, 0.25) is 0 Å². The monoisotopic (exact) mass is 258 g/mol. The van der Waals surface area contributed by atoms with Crippen LogP contribution in [0.25, 0.3) is 0 Å². The molecular weight excluding hydrogens is 240 g/mol. The Hall–Kier alpha value is -0.920. The number of hydrogen-bond donors (Lipinski definition) is 2. The second kappa shape index (κ2) is 5.16. The minimum absolute atomic E-state index is 0.282. The van der Waals surface area contributed by atoms with Gasteiger partial charge >= 0.3 is 0 Å². The highest BCUT2D eigenvalue weighted by molar-refractivity contribution is 7.87. The van der Waals surface area contributed by atoms with Gasteiger partial charge in [-0.15, -0.1) is 0 Å². The molecule has 2 rings (SSSR count). The van der Waals surface area contributed by atoms with Crippen molar-refractivity contribution in [3.05, 3.63) is 18.2 Å². The summed E-state index contributed by atoms with van der Waals surface area (Å²) in [7, 11) is -3.37. The lowest BCUT2D eigenvalue weighted by atomic mass is 10.2. The van der Waals surface area contributed by atoms with Crippen molar-refractivity contribution in [2.75, 3.05) is 13.1 Å². The molecule has 0 saturated carbocycles. The van der Waals surface area contributed by atoms with E-state index in [1.165, 1.54) is 4.31 Å². The molecule has 1 fully saturated rings. The molecule has 2 N–H and O–H groups in total. The van der Waals surface area contributed by atoms with Crippen molar-refractivity contribution < 1.29 is 8.42 Å². The Labute approximate surface area is 102 Å². The van der Waals surface area contributed by atoms with E-state index in [-0.39, 0.29) is 6.04 Å². The van der Waals surface area contributed by atoms with Gasteiger partial charge in [-0.1, -0.05) is 6.92 Å². The molecule has 17 heavy (non-hydrogen) atoms. The highest BCUT2D eigenvalue weighted by Gasteiger charge is 2.28. The first-order valence-corrected chi connectivity index (χ1v) is 7.34. The van der Waals surface area contributed by atoms with E-state index in [4.69, 9.17) is 0 Å². The third-order valence-corrected chi connectivity index (χ3v) is 4.58. The fourth-order valence-corrected chi connectivity index (χ4v) is 3.51. The number of nitrogens with one attached hydrogen (secondary N) is 2. The second-order valence-electron chi connectivity index (χ2n) is 4.16. The minimum atomic E-state index is -3.37. The maximum absolute atomic E-state index is 12.1. The number of H-pyrrole nitrogens is 1. The first-order chi connectivity index (χ1) is 8.13. The Balaban J connectivity index is 2.08. The van der Waals surface area contributed by atoms with Crippen molar-refractivity contribution in [2.24, 2.45) is 0 Å². The van der Waals surface area contributed by atoms with Crippen molar-refractivity contribution >= 4 is 10.2 Å². The van der Waals surface area contributed by atoms with Crippen LogP contribution in [0.5, 0.6) is 0 Å². The molecule has 1 aromatic heterocycles. The van der Waals surface area contributed by atoms with Gasteiger partial charge in [-0.2, -0.15) is 17.4 Å². The summed E-state index contributed by atoms with van der Waals surface area (Å²) in [4.78, 5) is 7.04. The van der Waals surface area contributed by atoms with E-state index >= 15 is 0 Å². The van der Waals surface area contributed by atoms with Crippen molar-refractivity contribution in [3.63, 3.8) is 0 Å². The van der Waals surface area contributed by atoms with Crippen LogP contribution in [-0.4, -0.2) is 35.8 Å². The van der Waals surface area contributed by atoms with Crippen LogP contribution >= 0.6 is 0 Å². The molecule has 1 saturated heterocycles. The summed E-state index contributed by atoms with van der Waals surface area (Å²) in [5.74, 6) is 0.662. The molecule has 0 aliphatic carbocycles. The predicted molar refractivity (Wildman–Crippen MR) is 64.5 cm³/mol. The number of nitrogens with zero attached hydrogens (tertiary/aromatic N) is 2. The second-order valence-corrected chi connectivity index (χ2v) is 5.87. The molecule has 7 heteroatoms. The average Bonchev–Trinajstić information content (AvgIpc) is 2.97. The maximum atomic E-state index is 12.1. The highest BCUT2D eigenvalue weighted by Crippen LogP contribution is 2.17. The van der Waals surface area contributed by atoms with Gasteiger partial charge in [0.1, 0.15) is 5.82 Å². The van der Waals surface area contributed by atoms with E-state index in [1.807, 2.05) is 6.92 Å². The van der Waals surface area contributed by atoms with Crippen LogP contribution in [0, 0.1) is 0 Å². The summed E-state index contributed by atoms with van der Waals surface area (Å²) in [6, 6.07) is -0.282. The van der Waals surface area contributed by atoms with Crippen LogP contribution in [0.4, 0.5) is 0 Å². The SMILES string of the molecule is CCC(NS(=O)(=O)N1CCCC1)c1ncc[nH]1. The number of aromatic nitrogens is 2. The quantitative estimate of drug-likeness (QED) is 0.819. The standard InChI is InChI=1S/C10H18N4O2S/c1-2-9(10-11-5-6-12-10)13-17(15,16)14-7-3-4-8-14/h5-6,9,13H,2-4,7-8H2,1H3,(H,11,12). The first-order valence-electron chi connectivity index (χ1n) is 5.90. The highest BCUT2D eigenvalue weighted by atomic mass is 32.2. The number of rotatable bonds is 5. The fourth-order valence-electron chi connectivity index (χ4n) is 1.98. The Bertz CT molecular complexity index is 437. The topological polar surface area (TPSA) is 78.1 Å². The Morgan fingerprint density at radius 3 is 2.76 bits per heavy atom. The summed E-state index contributed by atoms with van der Waals surface area (Å²) in [5, 5.41) is 0. The lowest BCUT2D eigenvalue weighted by Gasteiger charge is -2.20. The molecule has 1 aliphatic heterocycles. The van der Waals surface area contributed by atoms with Gasteiger partial charge in [0.15, 0.2) is 0 Å². The number of imidazole rings is 1. The zero-order valence-corrected chi connectivity index (χ0v) is 10.7. The molecule has 0 spiro atoms. The Morgan fingerprint density at radius 2 is 2.24 bits per heavy atom. The zero-order valence-electron chi connectivity index (χ0n) is 9.89. The van der Waals surface area contributed by atoms with Gasteiger partial charge in [-0.3, -0.25) is 0 Å². The lowest BCUT2D eigenvalue weighted by Crippen LogP contribution is -2.40. The van der Waals surface area contributed by atoms with Crippen LogP contribution < -0.4 is 4.72 Å². The molecule has 0 radical (unpaired) electrons. The van der Waals surface area contributed by atoms with E-state index in [1.54, 1.807) is 12.4 Å². The van der Waals surface area contributed by atoms with Crippen LogP contribution in [0.15, 0.2) is 12.4 Å². The predicted octanol–water partition coefficient (Wildman–Crippen LogP) is 0.791. The van der Waals surface area contributed by atoms with Crippen molar-refractivity contribution in [3.8, 4) is 0 Å². The molecule has 1 aliphatic rings. The molecule has 2 heterocycles. The average molecular weight is 258 g/mol. The van der Waals surface area contributed by atoms with E-state index in [9.17, 15) is 8.42 Å². The third kappa shape index (κ3) is 2.85. The van der Waals surface area contributed by atoms with Gasteiger partial charge in [-0.05, 0) is 19.3 Å². The van der Waals surface area contributed by atoms with Gasteiger partial charge in [-0.25, -0.2) is 4.98 Å². The van der Waals surface area contributed by atoms with Crippen LogP contribution in [-0.2, 0) is 10.2 Å². The summed E-state index contributed by atoms with van der Waals surface area (Å²) in [6.07, 6.45) is 5.88. The van der Waals surface area contributed by atoms with Crippen LogP contribution in [0.2, 0.25) is 0 Å². The van der Waals surface area contributed by atoms with Gasteiger partial charge in [0.05, 0.1) is 6.04 Å². The first kappa shape index (κ1) is 12.5. The number of aromatic amines is 1. The lowest BCUT2D eigenvalue weighted by molar-refractivity contribution is 0.447. The molecule has 0 aromatic carbocycles. The number of hydrogen-bond acceptors (Lipinski definition) is 3. The molecule has 1 atom stereocenters. The summed E-state index contributed by atoms with van der Waals surface area (Å²) >= 11 is 0. The summed E-state index contributed by atoms with van der Waals surface area (Å²) in [5.41, 5.74) is 0. The summed E-state index contributed by atoms with van der Waals surface area (Å²) < 4.78 is 28.3. The van der Waals surface area contributed by atoms with Crippen molar-refractivity contribution in [1.29, 1.82) is 0 Å². The van der Waals surface area contributed by atoms with Gasteiger partial charge in [0.25, 0.3) is 10.2 Å². The van der Waals surface area contributed by atoms with E-state index in [0.717, 1.165) is 12.8 Å². The normalized spacial score (nSPS) is 19.6. The van der Waals surface area contributed by atoms with Crippen LogP contribution in [0.1, 0.15) is 38.1 Å². The molecule has 1 unspecified atom stereocenters. The Morgan fingerprint density at radius 1 is 1.53 bits per heavy atom. The van der Waals surface area contributed by atoms with Crippen LogP contribution in [0.3, 0.4) is 0 Å². The van der Waals surface area contributed by atoms with Crippen molar-refractivity contribution in [2.45, 2.75) is 32.2 Å². The molecule has 1 aromatic rings. The molecular formula is C10H18N4O2S. The molecule has 0 bridgehead atoms. The van der Waals surface area contributed by atoms with Gasteiger partial charge in [0, 0.05) is 25.5 Å². The van der Waals surface area contributed by atoms with Gasteiger partial charge < -0.3 is 4.98 Å². The van der Waals surface area contributed by atoms with E-state index in [2.05, 4.69) is 14.7 Å². The summed E-state index contributed by atoms with van der Waals surface area (Å²) in [6.45, 7) is 3.16. The smallest absolute Gasteiger partial charge is 0.280 e. The molecule has 0 amide bonds. The Kier molecular flexibility index (Phi) is 3.80. The van der Waals surface area contributed by atoms with Crippen molar-refractivity contribution in [1.82, 2.24) is 19.0 Å². The molecule has 6 nitrogen and oxygen atoms in total. The molecule has 96 valence electrons.